The summed E-state index contributed by atoms with van der Waals surface area (Å²) in [7, 11) is 0. The number of H-pyrrole nitrogens is 1. The van der Waals surface area contributed by atoms with Crippen LogP contribution in [0.2, 0.25) is 0 Å². The fourth-order valence-electron chi connectivity index (χ4n) is 2.66. The van der Waals surface area contributed by atoms with Crippen molar-refractivity contribution in [1.82, 2.24) is 20.5 Å². The van der Waals surface area contributed by atoms with E-state index in [0.29, 0.717) is 24.2 Å². The van der Waals surface area contributed by atoms with E-state index in [2.05, 4.69) is 20.5 Å². The highest BCUT2D eigenvalue weighted by atomic mass is 19.4. The molecule has 3 rings (SSSR count). The first-order chi connectivity index (χ1) is 11.7. The largest absolute Gasteiger partial charge is 0.416 e. The van der Waals surface area contributed by atoms with E-state index in [-0.39, 0.29) is 18.3 Å². The Kier molecular flexibility index (Phi) is 4.28. The van der Waals surface area contributed by atoms with Gasteiger partial charge in [-0.3, -0.25) is 9.89 Å². The second-order valence-electron chi connectivity index (χ2n) is 6.16. The summed E-state index contributed by atoms with van der Waals surface area (Å²) in [5.74, 6) is 0.364. The molecule has 3 N–H and O–H groups in total. The number of amides is 1. The molecule has 1 heterocycles. The van der Waals surface area contributed by atoms with Crippen LogP contribution in [0.25, 0.3) is 0 Å². The van der Waals surface area contributed by atoms with E-state index in [4.69, 9.17) is 0 Å². The molecule has 0 bridgehead atoms. The van der Waals surface area contributed by atoms with E-state index in [1.54, 1.807) is 0 Å². The summed E-state index contributed by atoms with van der Waals surface area (Å²) in [5, 5.41) is 18.5. The van der Waals surface area contributed by atoms with Gasteiger partial charge in [-0.25, -0.2) is 4.98 Å². The maximum absolute atomic E-state index is 12.6. The van der Waals surface area contributed by atoms with Crippen molar-refractivity contribution in [3.63, 3.8) is 0 Å². The standard InChI is InChI=1S/C16H17F3N4O2/c1-9(24)13-21-12(22-23-13)8-20-14(25)15(6-7-15)10-2-4-11(5-3-10)16(17,18)19/h2-5,9,24H,6-8H2,1H3,(H,20,25)(H,21,22,23)/t9-/m1/s1. The highest BCUT2D eigenvalue weighted by molar-refractivity contribution is 5.91. The van der Waals surface area contributed by atoms with Crippen molar-refractivity contribution in [3.05, 3.63) is 47.0 Å². The lowest BCUT2D eigenvalue weighted by molar-refractivity contribution is -0.137. The number of nitrogens with zero attached hydrogens (tertiary/aromatic N) is 2. The lowest BCUT2D eigenvalue weighted by atomic mass is 9.94. The quantitative estimate of drug-likeness (QED) is 0.768. The molecular weight excluding hydrogens is 337 g/mol. The van der Waals surface area contributed by atoms with Crippen LogP contribution in [0.3, 0.4) is 0 Å². The number of nitrogens with one attached hydrogen (secondary N) is 2. The molecule has 1 aliphatic rings. The number of rotatable bonds is 5. The summed E-state index contributed by atoms with van der Waals surface area (Å²) in [4.78, 5) is 16.5. The van der Waals surface area contributed by atoms with Crippen molar-refractivity contribution in [2.24, 2.45) is 0 Å². The number of aliphatic hydroxyl groups excluding tert-OH is 1. The number of carbonyl (C=O) groups is 1. The van der Waals surface area contributed by atoms with Gasteiger partial charge in [0.2, 0.25) is 5.91 Å². The van der Waals surface area contributed by atoms with Crippen LogP contribution in [0.4, 0.5) is 13.2 Å². The molecule has 1 aromatic carbocycles. The van der Waals surface area contributed by atoms with Crippen molar-refractivity contribution in [3.8, 4) is 0 Å². The smallest absolute Gasteiger partial charge is 0.385 e. The van der Waals surface area contributed by atoms with E-state index in [9.17, 15) is 23.1 Å². The van der Waals surface area contributed by atoms with Crippen LogP contribution < -0.4 is 5.32 Å². The van der Waals surface area contributed by atoms with E-state index >= 15 is 0 Å². The van der Waals surface area contributed by atoms with Crippen LogP contribution >= 0.6 is 0 Å². The molecule has 134 valence electrons. The van der Waals surface area contributed by atoms with Gasteiger partial charge in [0.15, 0.2) is 5.82 Å². The van der Waals surface area contributed by atoms with Gasteiger partial charge in [0.1, 0.15) is 11.9 Å². The van der Waals surface area contributed by atoms with Gasteiger partial charge in [0.25, 0.3) is 0 Å². The molecule has 1 aliphatic carbocycles. The van der Waals surface area contributed by atoms with Crippen LogP contribution in [0, 0.1) is 0 Å². The maximum atomic E-state index is 12.6. The van der Waals surface area contributed by atoms with Crippen LogP contribution in [0.15, 0.2) is 24.3 Å². The average molecular weight is 354 g/mol. The molecule has 1 amide bonds. The summed E-state index contributed by atoms with van der Waals surface area (Å²) in [6.07, 6.45) is -4.05. The van der Waals surface area contributed by atoms with Crippen molar-refractivity contribution < 1.29 is 23.1 Å². The third-order valence-corrected chi connectivity index (χ3v) is 4.29. The molecule has 0 saturated heterocycles. The SMILES string of the molecule is C[C@@H](O)c1n[nH]c(CNC(=O)C2(c3ccc(C(F)(F)F)cc3)CC2)n1. The van der Waals surface area contributed by atoms with E-state index in [0.717, 1.165) is 12.1 Å². The Morgan fingerprint density at radius 3 is 2.48 bits per heavy atom. The number of alkyl halides is 3. The Morgan fingerprint density at radius 2 is 2.00 bits per heavy atom. The number of aromatic nitrogens is 3. The first kappa shape index (κ1) is 17.4. The molecule has 1 aromatic heterocycles. The summed E-state index contributed by atoms with van der Waals surface area (Å²) < 4.78 is 37.9. The van der Waals surface area contributed by atoms with Gasteiger partial charge >= 0.3 is 6.18 Å². The van der Waals surface area contributed by atoms with Crippen molar-refractivity contribution >= 4 is 5.91 Å². The number of benzene rings is 1. The van der Waals surface area contributed by atoms with Crippen molar-refractivity contribution in [2.75, 3.05) is 0 Å². The number of hydrogen-bond acceptors (Lipinski definition) is 4. The van der Waals surface area contributed by atoms with Gasteiger partial charge in [-0.2, -0.15) is 18.3 Å². The highest BCUT2D eigenvalue weighted by Gasteiger charge is 2.51. The fourth-order valence-corrected chi connectivity index (χ4v) is 2.66. The molecular formula is C16H17F3N4O2. The summed E-state index contributed by atoms with van der Waals surface area (Å²) in [6.45, 7) is 1.62. The third kappa shape index (κ3) is 3.51. The number of halogens is 3. The second-order valence-corrected chi connectivity index (χ2v) is 6.16. The van der Waals surface area contributed by atoms with E-state index in [1.165, 1.54) is 19.1 Å². The molecule has 9 heteroatoms. The molecule has 1 saturated carbocycles. The van der Waals surface area contributed by atoms with Crippen LogP contribution in [0.1, 0.15) is 48.6 Å². The summed E-state index contributed by atoms with van der Waals surface area (Å²) in [5.41, 5.74) is -0.947. The number of hydrogen-bond donors (Lipinski definition) is 3. The number of carbonyl (C=O) groups excluding carboxylic acids is 1. The minimum absolute atomic E-state index is 0.0982. The summed E-state index contributed by atoms with van der Waals surface area (Å²) in [6, 6.07) is 4.70. The molecule has 0 spiro atoms. The van der Waals surface area contributed by atoms with Gasteiger partial charge in [-0.05, 0) is 37.5 Å². The topological polar surface area (TPSA) is 90.9 Å². The molecule has 0 radical (unpaired) electrons. The monoisotopic (exact) mass is 354 g/mol. The molecule has 2 aromatic rings. The van der Waals surface area contributed by atoms with Crippen LogP contribution in [0.5, 0.6) is 0 Å². The molecule has 6 nitrogen and oxygen atoms in total. The Bertz CT molecular complexity index is 764. The van der Waals surface area contributed by atoms with Crippen LogP contribution in [-0.4, -0.2) is 26.2 Å². The molecule has 1 fully saturated rings. The van der Waals surface area contributed by atoms with E-state index < -0.39 is 23.3 Å². The lowest BCUT2D eigenvalue weighted by Gasteiger charge is -2.16. The van der Waals surface area contributed by atoms with Gasteiger partial charge in [0.05, 0.1) is 17.5 Å². The number of aromatic amines is 1. The summed E-state index contributed by atoms with van der Waals surface area (Å²) >= 11 is 0. The lowest BCUT2D eigenvalue weighted by Crippen LogP contribution is -2.34. The number of aliphatic hydroxyl groups is 1. The minimum Gasteiger partial charge on any atom is -0.385 e. The van der Waals surface area contributed by atoms with Crippen molar-refractivity contribution in [2.45, 2.75) is 44.0 Å². The van der Waals surface area contributed by atoms with Crippen LogP contribution in [-0.2, 0) is 22.9 Å². The predicted octanol–water partition coefficient (Wildman–Crippen LogP) is 2.22. The van der Waals surface area contributed by atoms with Gasteiger partial charge in [-0.15, -0.1) is 0 Å². The van der Waals surface area contributed by atoms with Crippen molar-refractivity contribution in [1.29, 1.82) is 0 Å². The first-order valence-corrected chi connectivity index (χ1v) is 7.78. The predicted molar refractivity (Wildman–Crippen MR) is 81.2 cm³/mol. The average Bonchev–Trinajstić information content (AvgIpc) is 3.23. The molecule has 1 atom stereocenters. The zero-order valence-corrected chi connectivity index (χ0v) is 13.4. The Hall–Kier alpha value is -2.42. The molecule has 0 unspecified atom stereocenters. The van der Waals surface area contributed by atoms with Gasteiger partial charge in [0, 0.05) is 0 Å². The Morgan fingerprint density at radius 1 is 1.36 bits per heavy atom. The zero-order valence-electron chi connectivity index (χ0n) is 13.4. The zero-order chi connectivity index (χ0) is 18.2. The fraction of sp³-hybridized carbons (Fsp3) is 0.438. The minimum atomic E-state index is -4.40. The highest BCUT2D eigenvalue weighted by Crippen LogP contribution is 2.48. The maximum Gasteiger partial charge on any atom is 0.416 e. The first-order valence-electron chi connectivity index (χ1n) is 7.78. The van der Waals surface area contributed by atoms with E-state index in [1.807, 2.05) is 0 Å². The normalized spacial score (nSPS) is 17.2. The Balaban J connectivity index is 1.67. The Labute approximate surface area is 141 Å². The van der Waals surface area contributed by atoms with Gasteiger partial charge in [-0.1, -0.05) is 12.1 Å². The third-order valence-electron chi connectivity index (χ3n) is 4.29. The van der Waals surface area contributed by atoms with Gasteiger partial charge < -0.3 is 10.4 Å². The molecule has 0 aliphatic heterocycles. The second kappa shape index (κ2) is 6.14. The molecule has 25 heavy (non-hydrogen) atoms.